The molecule has 5 rings (SSSR count). The van der Waals surface area contributed by atoms with Gasteiger partial charge in [0, 0.05) is 30.8 Å². The maximum Gasteiger partial charge on any atom is 0.410 e. The maximum absolute atomic E-state index is 12.5. The monoisotopic (exact) mass is 493 g/mol. The van der Waals surface area contributed by atoms with Crippen LogP contribution in [0.15, 0.2) is 60.8 Å². The van der Waals surface area contributed by atoms with Gasteiger partial charge in [-0.15, -0.1) is 0 Å². The second-order valence-corrected chi connectivity index (χ2v) is 10.8. The Balaban J connectivity index is 1.48. The van der Waals surface area contributed by atoms with E-state index in [0.29, 0.717) is 25.2 Å². The number of aromatic nitrogens is 3. The second kappa shape index (κ2) is 9.70. The zero-order valence-corrected chi connectivity index (χ0v) is 21.7. The molecule has 37 heavy (non-hydrogen) atoms. The standard InChI is InChI=1S/C30H31N5O2/c1-20-5-9-24(10-6-20)28-25(23-11-7-21(16-31)8-12-23)15-27-26(33-28)17-32-35(27)19-22-13-14-34(18-22)29(36)37-30(2,3)4/h5-12,15,17,22H,13-14,18-19H2,1-4H3. The van der Waals surface area contributed by atoms with Crippen LogP contribution in [0.4, 0.5) is 4.79 Å². The minimum Gasteiger partial charge on any atom is -0.444 e. The number of aryl methyl sites for hydroxylation is 1. The molecule has 4 aromatic rings. The summed E-state index contributed by atoms with van der Waals surface area (Å²) in [5.74, 6) is 0.283. The molecule has 1 fully saturated rings. The summed E-state index contributed by atoms with van der Waals surface area (Å²) < 4.78 is 7.55. The SMILES string of the molecule is Cc1ccc(-c2nc3cnn(CC4CCN(C(=O)OC(C)(C)C)C4)c3cc2-c2ccc(C#N)cc2)cc1. The van der Waals surface area contributed by atoms with Gasteiger partial charge in [-0.25, -0.2) is 9.78 Å². The van der Waals surface area contributed by atoms with Crippen molar-refractivity contribution < 1.29 is 9.53 Å². The topological polar surface area (TPSA) is 84.0 Å². The molecule has 1 amide bonds. The van der Waals surface area contributed by atoms with E-state index >= 15 is 0 Å². The van der Waals surface area contributed by atoms with E-state index in [1.54, 1.807) is 4.90 Å². The summed E-state index contributed by atoms with van der Waals surface area (Å²) in [5.41, 5.74) is 6.98. The van der Waals surface area contributed by atoms with Crippen molar-refractivity contribution >= 4 is 17.1 Å². The number of likely N-dealkylation sites (tertiary alicyclic amines) is 1. The molecule has 2 aromatic heterocycles. The van der Waals surface area contributed by atoms with Crippen LogP contribution in [0, 0.1) is 24.2 Å². The number of fused-ring (bicyclic) bond motifs is 1. The molecule has 1 saturated heterocycles. The Kier molecular flexibility index (Phi) is 6.43. The normalized spacial score (nSPS) is 15.6. The van der Waals surface area contributed by atoms with Gasteiger partial charge in [0.25, 0.3) is 0 Å². The molecular weight excluding hydrogens is 462 g/mol. The van der Waals surface area contributed by atoms with E-state index in [4.69, 9.17) is 9.72 Å². The molecule has 1 atom stereocenters. The Bertz CT molecular complexity index is 1470. The molecule has 7 nitrogen and oxygen atoms in total. The molecule has 0 saturated carbocycles. The van der Waals surface area contributed by atoms with Gasteiger partial charge in [-0.05, 0) is 63.8 Å². The lowest BCUT2D eigenvalue weighted by molar-refractivity contribution is 0.0287. The van der Waals surface area contributed by atoms with E-state index in [2.05, 4.69) is 48.4 Å². The molecule has 0 N–H and O–H groups in total. The van der Waals surface area contributed by atoms with Gasteiger partial charge >= 0.3 is 6.09 Å². The summed E-state index contributed by atoms with van der Waals surface area (Å²) in [6.07, 6.45) is 2.46. The number of amides is 1. The predicted molar refractivity (Wildman–Crippen MR) is 144 cm³/mol. The molecule has 0 aliphatic carbocycles. The van der Waals surface area contributed by atoms with E-state index in [0.717, 1.165) is 39.8 Å². The molecule has 1 aliphatic heterocycles. The zero-order valence-electron chi connectivity index (χ0n) is 21.7. The van der Waals surface area contributed by atoms with E-state index < -0.39 is 5.60 Å². The number of nitriles is 1. The van der Waals surface area contributed by atoms with Crippen molar-refractivity contribution in [1.82, 2.24) is 19.7 Å². The van der Waals surface area contributed by atoms with Crippen LogP contribution < -0.4 is 0 Å². The number of benzene rings is 2. The van der Waals surface area contributed by atoms with Gasteiger partial charge in [0.15, 0.2) is 0 Å². The van der Waals surface area contributed by atoms with Crippen molar-refractivity contribution in [2.45, 2.75) is 46.3 Å². The van der Waals surface area contributed by atoms with E-state index in [1.165, 1.54) is 5.56 Å². The molecule has 1 aliphatic rings. The number of carbonyl (C=O) groups is 1. The molecule has 0 spiro atoms. The van der Waals surface area contributed by atoms with Crippen LogP contribution in [0.3, 0.4) is 0 Å². The summed E-state index contributed by atoms with van der Waals surface area (Å²) in [5, 5.41) is 13.9. The van der Waals surface area contributed by atoms with Gasteiger partial charge in [0.05, 0.1) is 29.0 Å². The Labute approximate surface area is 217 Å². The van der Waals surface area contributed by atoms with Gasteiger partial charge < -0.3 is 9.64 Å². The van der Waals surface area contributed by atoms with Crippen molar-refractivity contribution in [3.63, 3.8) is 0 Å². The van der Waals surface area contributed by atoms with Crippen LogP contribution in [0.2, 0.25) is 0 Å². The van der Waals surface area contributed by atoms with E-state index in [-0.39, 0.29) is 12.0 Å². The first-order chi connectivity index (χ1) is 17.7. The number of rotatable bonds is 4. The number of pyridine rings is 1. The smallest absolute Gasteiger partial charge is 0.410 e. The van der Waals surface area contributed by atoms with Crippen molar-refractivity contribution in [1.29, 1.82) is 5.26 Å². The second-order valence-electron chi connectivity index (χ2n) is 10.8. The van der Waals surface area contributed by atoms with Crippen LogP contribution in [0.1, 0.15) is 38.3 Å². The third-order valence-corrected chi connectivity index (χ3v) is 6.65. The van der Waals surface area contributed by atoms with Crippen LogP contribution in [-0.4, -0.2) is 44.4 Å². The lowest BCUT2D eigenvalue weighted by Crippen LogP contribution is -2.35. The summed E-state index contributed by atoms with van der Waals surface area (Å²) in [6, 6.07) is 20.3. The summed E-state index contributed by atoms with van der Waals surface area (Å²) in [7, 11) is 0. The number of ether oxygens (including phenoxy) is 1. The molecule has 7 heteroatoms. The lowest BCUT2D eigenvalue weighted by Gasteiger charge is -2.24. The van der Waals surface area contributed by atoms with Crippen LogP contribution in [0.25, 0.3) is 33.4 Å². The first kappa shape index (κ1) is 24.5. The fourth-order valence-electron chi connectivity index (χ4n) is 4.75. The Hall–Kier alpha value is -4.18. The van der Waals surface area contributed by atoms with Crippen molar-refractivity contribution in [2.24, 2.45) is 5.92 Å². The minimum atomic E-state index is -0.504. The highest BCUT2D eigenvalue weighted by Crippen LogP contribution is 2.34. The van der Waals surface area contributed by atoms with E-state index in [9.17, 15) is 10.1 Å². The molecule has 0 radical (unpaired) electrons. The fraction of sp³-hybridized carbons (Fsp3) is 0.333. The Morgan fingerprint density at radius 3 is 2.49 bits per heavy atom. The molecule has 2 aromatic carbocycles. The molecular formula is C30H31N5O2. The third kappa shape index (κ3) is 5.34. The first-order valence-electron chi connectivity index (χ1n) is 12.6. The number of hydrogen-bond donors (Lipinski definition) is 0. The molecule has 3 heterocycles. The summed E-state index contributed by atoms with van der Waals surface area (Å²) in [4.78, 5) is 19.3. The van der Waals surface area contributed by atoms with Crippen molar-refractivity contribution in [3.8, 4) is 28.5 Å². The van der Waals surface area contributed by atoms with Gasteiger partial charge in [0.1, 0.15) is 11.1 Å². The molecule has 0 bridgehead atoms. The zero-order chi connectivity index (χ0) is 26.2. The number of hydrogen-bond acceptors (Lipinski definition) is 5. The average molecular weight is 494 g/mol. The number of nitrogens with zero attached hydrogens (tertiary/aromatic N) is 5. The van der Waals surface area contributed by atoms with Crippen molar-refractivity contribution in [2.75, 3.05) is 13.1 Å². The molecule has 1 unspecified atom stereocenters. The highest BCUT2D eigenvalue weighted by Gasteiger charge is 2.30. The predicted octanol–water partition coefficient (Wildman–Crippen LogP) is 6.20. The highest BCUT2D eigenvalue weighted by atomic mass is 16.6. The van der Waals surface area contributed by atoms with Crippen molar-refractivity contribution in [3.05, 3.63) is 71.9 Å². The Morgan fingerprint density at radius 1 is 1.11 bits per heavy atom. The average Bonchev–Trinajstić information content (AvgIpc) is 3.50. The Morgan fingerprint density at radius 2 is 1.81 bits per heavy atom. The van der Waals surface area contributed by atoms with Gasteiger partial charge in [-0.1, -0.05) is 42.0 Å². The van der Waals surface area contributed by atoms with Crippen LogP contribution in [-0.2, 0) is 11.3 Å². The maximum atomic E-state index is 12.5. The van der Waals surface area contributed by atoms with Crippen LogP contribution in [0.5, 0.6) is 0 Å². The largest absolute Gasteiger partial charge is 0.444 e. The summed E-state index contributed by atoms with van der Waals surface area (Å²) >= 11 is 0. The lowest BCUT2D eigenvalue weighted by atomic mass is 9.97. The van der Waals surface area contributed by atoms with Gasteiger partial charge in [-0.3, -0.25) is 4.68 Å². The van der Waals surface area contributed by atoms with E-state index in [1.807, 2.05) is 55.9 Å². The van der Waals surface area contributed by atoms with Gasteiger partial charge in [0.2, 0.25) is 0 Å². The third-order valence-electron chi connectivity index (χ3n) is 6.65. The quantitative estimate of drug-likeness (QED) is 0.338. The first-order valence-corrected chi connectivity index (χ1v) is 12.6. The minimum absolute atomic E-state index is 0.257. The summed E-state index contributed by atoms with van der Waals surface area (Å²) in [6.45, 7) is 9.76. The number of carbonyl (C=O) groups excluding carboxylic acids is 1. The molecule has 188 valence electrons. The van der Waals surface area contributed by atoms with Gasteiger partial charge in [-0.2, -0.15) is 10.4 Å². The fourth-order valence-corrected chi connectivity index (χ4v) is 4.75. The highest BCUT2D eigenvalue weighted by molar-refractivity contribution is 5.90. The van der Waals surface area contributed by atoms with Crippen LogP contribution >= 0.6 is 0 Å².